The van der Waals surface area contributed by atoms with Crippen LogP contribution in [0.1, 0.15) is 102 Å². The molecule has 2 aromatic heterocycles. The summed E-state index contributed by atoms with van der Waals surface area (Å²) in [6.07, 6.45) is 6.40. The van der Waals surface area contributed by atoms with E-state index in [4.69, 9.17) is 21.6 Å². The van der Waals surface area contributed by atoms with Gasteiger partial charge in [0, 0.05) is 97.6 Å². The van der Waals surface area contributed by atoms with E-state index >= 15 is 0 Å². The number of hydrogen-bond acceptors (Lipinski definition) is 4. The van der Waals surface area contributed by atoms with Crippen molar-refractivity contribution in [2.24, 2.45) is 0 Å². The SMILES string of the molecule is Cc1cc(-c2ccc3c(c2)C(C)(C)CC3(C)C)ncc1-c1ccccc1-c1cc(Cl)cc(-c2ccccc2-c2cnc(-c3ccc4c(c3)C(C)(C)CC4(C)C)cc2C)c1.S=S=S=S=S=S. The van der Waals surface area contributed by atoms with Crippen LogP contribution in [0.15, 0.2) is 128 Å². The van der Waals surface area contributed by atoms with Gasteiger partial charge in [-0.3, -0.25) is 9.97 Å². The molecule has 0 spiro atoms. The second-order valence-electron chi connectivity index (χ2n) is 20.3. The molecule has 0 atom stereocenters. The molecule has 0 saturated heterocycles. The number of benzene rings is 5. The van der Waals surface area contributed by atoms with Gasteiger partial charge in [-0.25, -0.2) is 0 Å². The molecular formula is C56H55ClN2S6. The highest BCUT2D eigenvalue weighted by Gasteiger charge is 2.43. The van der Waals surface area contributed by atoms with Gasteiger partial charge in [-0.1, -0.05) is 140 Å². The minimum Gasteiger partial charge on any atom is -0.256 e. The summed E-state index contributed by atoms with van der Waals surface area (Å²) in [5, 5.41) is 0.697. The van der Waals surface area contributed by atoms with Gasteiger partial charge in [0.25, 0.3) is 0 Å². The molecule has 0 bridgehead atoms. The van der Waals surface area contributed by atoms with E-state index in [2.05, 4.69) is 219 Å². The van der Waals surface area contributed by atoms with Crippen molar-refractivity contribution in [3.8, 4) is 67.0 Å². The van der Waals surface area contributed by atoms with Gasteiger partial charge in [0.1, 0.15) is 0 Å². The number of rotatable bonds is 6. The molecule has 332 valence electrons. The van der Waals surface area contributed by atoms with Crippen LogP contribution in [0.4, 0.5) is 0 Å². The molecular weight excluding hydrogens is 928 g/mol. The van der Waals surface area contributed by atoms with Crippen molar-refractivity contribution in [1.29, 1.82) is 0 Å². The van der Waals surface area contributed by atoms with E-state index in [0.29, 0.717) is 5.02 Å². The summed E-state index contributed by atoms with van der Waals surface area (Å²) in [7, 11) is 5.63. The van der Waals surface area contributed by atoms with Gasteiger partial charge in [-0.2, -0.15) is 0 Å². The molecule has 0 radical (unpaired) electrons. The summed E-state index contributed by atoms with van der Waals surface area (Å²) in [4.78, 5) is 10.2. The smallest absolute Gasteiger partial charge is 0.0705 e. The fraction of sp³-hybridized carbons (Fsp3) is 0.286. The minimum atomic E-state index is 0.137. The van der Waals surface area contributed by atoms with Crippen molar-refractivity contribution < 1.29 is 0 Å². The molecule has 0 amide bonds. The predicted octanol–water partition coefficient (Wildman–Crippen LogP) is 15.7. The average Bonchev–Trinajstić information content (AvgIpc) is 3.59. The lowest BCUT2D eigenvalue weighted by Gasteiger charge is -2.22. The molecule has 0 unspecified atom stereocenters. The fourth-order valence-corrected chi connectivity index (χ4v) is 16.9. The molecule has 7 aromatic rings. The largest absolute Gasteiger partial charge is 0.256 e. The van der Waals surface area contributed by atoms with Gasteiger partial charge in [0.15, 0.2) is 0 Å². The van der Waals surface area contributed by atoms with Gasteiger partial charge in [-0.15, -0.1) is 0 Å². The second kappa shape index (κ2) is 18.6. The molecule has 9 rings (SSSR count). The number of nitrogens with zero attached hydrogens (tertiary/aromatic N) is 2. The van der Waals surface area contributed by atoms with Crippen LogP contribution in [0.5, 0.6) is 0 Å². The first kappa shape index (κ1) is 47.5. The summed E-state index contributed by atoms with van der Waals surface area (Å²) in [6, 6.07) is 42.1. The Morgan fingerprint density at radius 3 is 1.17 bits per heavy atom. The Balaban J connectivity index is 0.000000900. The van der Waals surface area contributed by atoms with Crippen molar-refractivity contribution in [2.45, 2.75) is 104 Å². The first-order valence-electron chi connectivity index (χ1n) is 22.0. The second-order valence-corrected chi connectivity index (χ2v) is 27.8. The molecule has 9 heteroatoms. The Labute approximate surface area is 412 Å². The fourth-order valence-electron chi connectivity index (χ4n) is 11.2. The van der Waals surface area contributed by atoms with Gasteiger partial charge < -0.3 is 0 Å². The molecule has 0 N–H and O–H groups in total. The molecule has 0 aliphatic heterocycles. The summed E-state index contributed by atoms with van der Waals surface area (Å²) in [5.41, 5.74) is 22.1. The molecule has 2 heterocycles. The van der Waals surface area contributed by atoms with E-state index in [1.807, 2.05) is 0 Å². The van der Waals surface area contributed by atoms with E-state index in [1.54, 1.807) is 0 Å². The van der Waals surface area contributed by atoms with E-state index < -0.39 is 0 Å². The van der Waals surface area contributed by atoms with Crippen LogP contribution in [0.3, 0.4) is 0 Å². The van der Waals surface area contributed by atoms with Crippen molar-refractivity contribution in [2.75, 3.05) is 0 Å². The van der Waals surface area contributed by atoms with E-state index in [-0.39, 0.29) is 21.7 Å². The highest BCUT2D eigenvalue weighted by Crippen LogP contribution is 2.52. The zero-order valence-electron chi connectivity index (χ0n) is 38.8. The Morgan fingerprint density at radius 1 is 0.431 bits per heavy atom. The monoisotopic (exact) mass is 982 g/mol. The van der Waals surface area contributed by atoms with E-state index in [0.717, 1.165) is 68.7 Å². The van der Waals surface area contributed by atoms with Crippen LogP contribution in [-0.2, 0) is 79.6 Å². The number of aryl methyl sites for hydroxylation is 2. The highest BCUT2D eigenvalue weighted by molar-refractivity contribution is 8.64. The number of halogens is 1. The van der Waals surface area contributed by atoms with Crippen molar-refractivity contribution in [3.05, 3.63) is 166 Å². The molecule has 5 aromatic carbocycles. The maximum absolute atomic E-state index is 7.02. The van der Waals surface area contributed by atoms with Gasteiger partial charge in [0.05, 0.1) is 11.4 Å². The topological polar surface area (TPSA) is 25.8 Å². The van der Waals surface area contributed by atoms with Crippen molar-refractivity contribution >= 4 is 69.5 Å². The van der Waals surface area contributed by atoms with Crippen molar-refractivity contribution in [1.82, 2.24) is 9.97 Å². The van der Waals surface area contributed by atoms with Gasteiger partial charge in [0.2, 0.25) is 0 Å². The van der Waals surface area contributed by atoms with Crippen molar-refractivity contribution in [3.63, 3.8) is 0 Å². The summed E-state index contributed by atoms with van der Waals surface area (Å²) in [6.45, 7) is 23.3. The maximum atomic E-state index is 7.02. The van der Waals surface area contributed by atoms with Crippen LogP contribution in [-0.4, -0.2) is 9.97 Å². The van der Waals surface area contributed by atoms with Crippen LogP contribution in [0.2, 0.25) is 5.02 Å². The zero-order valence-corrected chi connectivity index (χ0v) is 44.4. The molecule has 2 nitrogen and oxygen atoms in total. The Morgan fingerprint density at radius 2 is 0.800 bits per heavy atom. The van der Waals surface area contributed by atoms with Crippen LogP contribution in [0.25, 0.3) is 67.0 Å². The maximum Gasteiger partial charge on any atom is 0.0705 e. The number of hydrogen-bond donors (Lipinski definition) is 0. The zero-order chi connectivity index (χ0) is 46.5. The first-order chi connectivity index (χ1) is 30.8. The van der Waals surface area contributed by atoms with E-state index in [9.17, 15) is 0 Å². The Bertz CT molecular complexity index is 2990. The normalized spacial score (nSPS) is 15.8. The van der Waals surface area contributed by atoms with E-state index in [1.165, 1.54) is 80.0 Å². The Kier molecular flexibility index (Phi) is 13.6. The number of aromatic nitrogens is 2. The highest BCUT2D eigenvalue weighted by atomic mass is 35.5. The lowest BCUT2D eigenvalue weighted by molar-refractivity contribution is 0.402. The summed E-state index contributed by atoms with van der Waals surface area (Å²) >= 11 is 16.1. The molecule has 0 fully saturated rings. The lowest BCUT2D eigenvalue weighted by Crippen LogP contribution is -2.18. The average molecular weight is 984 g/mol. The van der Waals surface area contributed by atoms with Crippen LogP contribution >= 0.6 is 11.6 Å². The van der Waals surface area contributed by atoms with Crippen LogP contribution in [0, 0.1) is 13.8 Å². The first-order valence-corrected chi connectivity index (χ1v) is 29.0. The minimum absolute atomic E-state index is 0.137. The van der Waals surface area contributed by atoms with Gasteiger partial charge >= 0.3 is 0 Å². The van der Waals surface area contributed by atoms with Crippen LogP contribution < -0.4 is 0 Å². The number of fused-ring (bicyclic) bond motifs is 2. The standard InChI is InChI=1S/C56H55ClN2.S6/c1-34-23-51(36-19-21-47-49(28-36)55(7,8)32-53(47,3)4)58-30-45(34)43-17-13-11-15-41(43)38-25-39(27-40(57)26-38)42-16-12-14-18-44(42)46-31-59-52(24-35(46)2)37-20-22-48-50(29-37)56(9,10)33-54(48,5)6;1-3-5-6-4-2/h11-31H,32-33H2,1-10H3;. The molecule has 65 heavy (non-hydrogen) atoms. The van der Waals surface area contributed by atoms with Gasteiger partial charge in [-0.05, 0) is 158 Å². The number of pyridine rings is 2. The summed E-state index contributed by atoms with van der Waals surface area (Å²) in [5.74, 6) is 0. The molecule has 2 aliphatic rings. The third-order valence-electron chi connectivity index (χ3n) is 13.6. The lowest BCUT2D eigenvalue weighted by atomic mass is 9.82. The Hall–Kier alpha value is -3.99. The molecule has 2 aliphatic carbocycles. The third-order valence-corrected chi connectivity index (χ3v) is 20.5. The third kappa shape index (κ3) is 9.60. The predicted molar refractivity (Wildman–Crippen MR) is 295 cm³/mol. The quantitative estimate of drug-likeness (QED) is 0.166. The summed E-state index contributed by atoms with van der Waals surface area (Å²) < 4.78 is 0. The molecule has 0 saturated carbocycles.